The monoisotopic (exact) mass is 288 g/mol. The minimum Gasteiger partial charge on any atom is -0.323 e. The normalized spacial score (nSPS) is 19.1. The molecule has 21 heavy (non-hydrogen) atoms. The van der Waals surface area contributed by atoms with Crippen molar-refractivity contribution in [3.63, 3.8) is 0 Å². The van der Waals surface area contributed by atoms with Crippen molar-refractivity contribution >= 4 is 0 Å². The summed E-state index contributed by atoms with van der Waals surface area (Å²) in [5.41, 5.74) is 8.66. The highest BCUT2D eigenvalue weighted by Crippen LogP contribution is 2.39. The molecule has 0 fully saturated rings. The van der Waals surface area contributed by atoms with E-state index in [0.717, 1.165) is 30.5 Å². The fourth-order valence-electron chi connectivity index (χ4n) is 3.18. The highest BCUT2D eigenvalue weighted by Gasteiger charge is 2.31. The third-order valence-corrected chi connectivity index (χ3v) is 4.33. The average molecular weight is 288 g/mol. The number of rotatable bonds is 2. The van der Waals surface area contributed by atoms with Gasteiger partial charge in [0.25, 0.3) is 0 Å². The minimum atomic E-state index is -0.709. The van der Waals surface area contributed by atoms with Crippen LogP contribution in [0.15, 0.2) is 30.5 Å². The van der Waals surface area contributed by atoms with E-state index >= 15 is 0 Å². The van der Waals surface area contributed by atoms with Gasteiger partial charge in [0.1, 0.15) is 11.6 Å². The molecule has 4 heteroatoms. The maximum atomic E-state index is 14.3. The summed E-state index contributed by atoms with van der Waals surface area (Å²) in [5, 5.41) is 0. The Kier molecular flexibility index (Phi) is 3.72. The smallest absolute Gasteiger partial charge is 0.133 e. The Morgan fingerprint density at radius 1 is 1.29 bits per heavy atom. The lowest BCUT2D eigenvalue weighted by atomic mass is 9.79. The number of nitrogens with zero attached hydrogens (tertiary/aromatic N) is 1. The molecule has 0 bridgehead atoms. The molecule has 0 amide bonds. The van der Waals surface area contributed by atoms with E-state index in [9.17, 15) is 8.78 Å². The van der Waals surface area contributed by atoms with Crippen LogP contribution in [0.25, 0.3) is 0 Å². The summed E-state index contributed by atoms with van der Waals surface area (Å²) in [6.45, 7) is 1.62. The van der Waals surface area contributed by atoms with E-state index in [-0.39, 0.29) is 11.5 Å². The first kappa shape index (κ1) is 14.1. The van der Waals surface area contributed by atoms with Gasteiger partial charge >= 0.3 is 0 Å². The first-order chi connectivity index (χ1) is 10.1. The predicted octanol–water partition coefficient (Wildman–Crippen LogP) is 3.79. The van der Waals surface area contributed by atoms with E-state index in [0.29, 0.717) is 5.56 Å². The molecule has 2 nitrogen and oxygen atoms in total. The zero-order valence-electron chi connectivity index (χ0n) is 11.9. The Labute approximate surface area is 123 Å². The van der Waals surface area contributed by atoms with Gasteiger partial charge in [0.05, 0.1) is 0 Å². The summed E-state index contributed by atoms with van der Waals surface area (Å²) in [5.74, 6) is -1.25. The van der Waals surface area contributed by atoms with Crippen LogP contribution in [0.2, 0.25) is 0 Å². The van der Waals surface area contributed by atoms with E-state index < -0.39 is 17.7 Å². The zero-order valence-corrected chi connectivity index (χ0v) is 11.9. The van der Waals surface area contributed by atoms with Gasteiger partial charge in [-0.3, -0.25) is 4.98 Å². The lowest BCUT2D eigenvalue weighted by Crippen LogP contribution is -2.26. The highest BCUT2D eigenvalue weighted by molar-refractivity contribution is 5.34. The molecular formula is C17H18F2N2. The van der Waals surface area contributed by atoms with Gasteiger partial charge in [-0.05, 0) is 49.4 Å². The second-order valence-corrected chi connectivity index (χ2v) is 5.66. The molecule has 2 aromatic rings. The van der Waals surface area contributed by atoms with Crippen LogP contribution in [0, 0.1) is 18.6 Å². The van der Waals surface area contributed by atoms with Gasteiger partial charge in [0.2, 0.25) is 0 Å². The number of nitrogens with two attached hydrogens (primary N) is 1. The average Bonchev–Trinajstić information content (AvgIpc) is 2.50. The van der Waals surface area contributed by atoms with E-state index in [4.69, 9.17) is 5.73 Å². The molecule has 2 N–H and O–H groups in total. The number of halogens is 2. The van der Waals surface area contributed by atoms with E-state index in [1.165, 1.54) is 12.1 Å². The number of aromatic nitrogens is 1. The molecule has 1 aromatic heterocycles. The Morgan fingerprint density at radius 3 is 2.90 bits per heavy atom. The van der Waals surface area contributed by atoms with Crippen molar-refractivity contribution in [2.75, 3.05) is 0 Å². The Morgan fingerprint density at radius 2 is 2.10 bits per heavy atom. The van der Waals surface area contributed by atoms with E-state index in [1.54, 1.807) is 13.1 Å². The largest absolute Gasteiger partial charge is 0.323 e. The number of hydrogen-bond acceptors (Lipinski definition) is 2. The molecule has 2 unspecified atom stereocenters. The molecule has 2 atom stereocenters. The Hall–Kier alpha value is -1.81. The maximum Gasteiger partial charge on any atom is 0.133 e. The van der Waals surface area contributed by atoms with Crippen LogP contribution in [0.4, 0.5) is 8.78 Å². The molecule has 0 saturated carbocycles. The molecule has 110 valence electrons. The fraction of sp³-hybridized carbons (Fsp3) is 0.353. The van der Waals surface area contributed by atoms with Crippen LogP contribution in [0.3, 0.4) is 0 Å². The summed E-state index contributed by atoms with van der Waals surface area (Å²) < 4.78 is 28.4. The quantitative estimate of drug-likeness (QED) is 0.913. The lowest BCUT2D eigenvalue weighted by molar-refractivity contribution is 0.429. The van der Waals surface area contributed by atoms with Gasteiger partial charge in [0.15, 0.2) is 0 Å². The Bertz CT molecular complexity index is 670. The van der Waals surface area contributed by atoms with Crippen molar-refractivity contribution in [3.05, 3.63) is 64.5 Å². The number of aryl methyl sites for hydroxylation is 2. The van der Waals surface area contributed by atoms with Gasteiger partial charge in [-0.25, -0.2) is 8.78 Å². The number of hydrogen-bond donors (Lipinski definition) is 1. The summed E-state index contributed by atoms with van der Waals surface area (Å²) in [4.78, 5) is 4.40. The van der Waals surface area contributed by atoms with Crippen molar-refractivity contribution in [3.8, 4) is 0 Å². The van der Waals surface area contributed by atoms with Crippen molar-refractivity contribution in [2.45, 2.75) is 38.1 Å². The second kappa shape index (κ2) is 5.53. The van der Waals surface area contributed by atoms with Crippen LogP contribution in [-0.4, -0.2) is 4.98 Å². The van der Waals surface area contributed by atoms with Gasteiger partial charge in [-0.15, -0.1) is 0 Å². The van der Waals surface area contributed by atoms with Crippen LogP contribution < -0.4 is 5.73 Å². The van der Waals surface area contributed by atoms with Gasteiger partial charge in [-0.1, -0.05) is 12.1 Å². The zero-order chi connectivity index (χ0) is 15.0. The van der Waals surface area contributed by atoms with Gasteiger partial charge in [-0.2, -0.15) is 0 Å². The lowest BCUT2D eigenvalue weighted by Gasteiger charge is -2.29. The standard InChI is InChI=1S/C17H18F2N2/c1-10-7-8-13(18)14(15(10)19)16(20)12-6-2-4-11-5-3-9-21-17(11)12/h3,5,7-9,12,16H,2,4,6,20H2,1H3. The fourth-order valence-corrected chi connectivity index (χ4v) is 3.18. The van der Waals surface area contributed by atoms with Crippen LogP contribution in [0.5, 0.6) is 0 Å². The second-order valence-electron chi connectivity index (χ2n) is 5.66. The van der Waals surface area contributed by atoms with E-state index in [2.05, 4.69) is 4.98 Å². The van der Waals surface area contributed by atoms with Crippen LogP contribution >= 0.6 is 0 Å². The molecule has 3 rings (SSSR count). The summed E-state index contributed by atoms with van der Waals surface area (Å²) in [7, 11) is 0. The molecule has 1 aromatic carbocycles. The third kappa shape index (κ3) is 2.44. The molecule has 0 radical (unpaired) electrons. The molecule has 0 saturated heterocycles. The molecule has 1 aliphatic rings. The first-order valence-electron chi connectivity index (χ1n) is 7.23. The molecular weight excluding hydrogens is 270 g/mol. The Balaban J connectivity index is 2.05. The first-order valence-corrected chi connectivity index (χ1v) is 7.23. The topological polar surface area (TPSA) is 38.9 Å². The highest BCUT2D eigenvalue weighted by atomic mass is 19.1. The number of fused-ring (bicyclic) bond motifs is 1. The van der Waals surface area contributed by atoms with Crippen LogP contribution in [-0.2, 0) is 6.42 Å². The van der Waals surface area contributed by atoms with Gasteiger partial charge < -0.3 is 5.73 Å². The predicted molar refractivity (Wildman–Crippen MR) is 77.9 cm³/mol. The van der Waals surface area contributed by atoms with Crippen molar-refractivity contribution in [1.29, 1.82) is 0 Å². The van der Waals surface area contributed by atoms with Crippen molar-refractivity contribution in [1.82, 2.24) is 4.98 Å². The number of pyridine rings is 1. The minimum absolute atomic E-state index is 0.0153. The van der Waals surface area contributed by atoms with Crippen molar-refractivity contribution < 1.29 is 8.78 Å². The molecule has 0 spiro atoms. The summed E-state index contributed by atoms with van der Waals surface area (Å²) in [6.07, 6.45) is 4.43. The SMILES string of the molecule is Cc1ccc(F)c(C(N)C2CCCc3cccnc32)c1F. The molecule has 0 aliphatic heterocycles. The van der Waals surface area contributed by atoms with E-state index in [1.807, 2.05) is 12.1 Å². The summed E-state index contributed by atoms with van der Waals surface area (Å²) in [6, 6.07) is 5.92. The maximum absolute atomic E-state index is 14.3. The summed E-state index contributed by atoms with van der Waals surface area (Å²) >= 11 is 0. The number of benzene rings is 1. The van der Waals surface area contributed by atoms with Crippen LogP contribution in [0.1, 0.15) is 47.2 Å². The third-order valence-electron chi connectivity index (χ3n) is 4.33. The molecule has 1 aliphatic carbocycles. The molecule has 1 heterocycles. The van der Waals surface area contributed by atoms with Crippen molar-refractivity contribution in [2.24, 2.45) is 5.73 Å². The van der Waals surface area contributed by atoms with Gasteiger partial charge in [0, 0.05) is 29.4 Å².